The van der Waals surface area contributed by atoms with Crippen molar-refractivity contribution in [3.05, 3.63) is 0 Å². The fourth-order valence-electron chi connectivity index (χ4n) is 2.25. The molecule has 2 N–H and O–H groups in total. The molecule has 8 heteroatoms. The third kappa shape index (κ3) is 3.40. The Kier molecular flexibility index (Phi) is 3.77. The fourth-order valence-corrected chi connectivity index (χ4v) is 6.41. The first-order valence-corrected chi connectivity index (χ1v) is 9.15. The summed E-state index contributed by atoms with van der Waals surface area (Å²) in [4.78, 5) is 0. The maximum absolute atomic E-state index is 11.9. The van der Waals surface area contributed by atoms with Crippen molar-refractivity contribution < 1.29 is 16.8 Å². The van der Waals surface area contributed by atoms with Crippen LogP contribution in [-0.4, -0.2) is 53.2 Å². The van der Waals surface area contributed by atoms with Gasteiger partial charge in [-0.2, -0.15) is 0 Å². The standard InChI is InChI=1S/C9H18N2O4S2/c12-16(13)4-2-9(7-16)17(14,15)11-6-8-1-3-10-5-8/h8-11H,1-7H2. The van der Waals surface area contributed by atoms with Crippen LogP contribution in [0.5, 0.6) is 0 Å². The zero-order valence-electron chi connectivity index (χ0n) is 9.55. The Morgan fingerprint density at radius 2 is 2.06 bits per heavy atom. The van der Waals surface area contributed by atoms with Crippen LogP contribution in [0.1, 0.15) is 12.8 Å². The fraction of sp³-hybridized carbons (Fsp3) is 1.00. The summed E-state index contributed by atoms with van der Waals surface area (Å²) in [7, 11) is -6.62. The molecule has 0 radical (unpaired) electrons. The monoisotopic (exact) mass is 282 g/mol. The summed E-state index contributed by atoms with van der Waals surface area (Å²) >= 11 is 0. The number of sulfone groups is 1. The highest BCUT2D eigenvalue weighted by molar-refractivity contribution is 7.95. The van der Waals surface area contributed by atoms with Gasteiger partial charge in [0.25, 0.3) is 0 Å². The summed E-state index contributed by atoms with van der Waals surface area (Å²) in [5.74, 6) is 0.0808. The van der Waals surface area contributed by atoms with Crippen LogP contribution in [0.25, 0.3) is 0 Å². The van der Waals surface area contributed by atoms with Crippen molar-refractivity contribution in [3.63, 3.8) is 0 Å². The Hall–Kier alpha value is -0.180. The third-order valence-corrected chi connectivity index (χ3v) is 7.19. The molecule has 0 aromatic carbocycles. The Morgan fingerprint density at radius 1 is 1.29 bits per heavy atom. The lowest BCUT2D eigenvalue weighted by Crippen LogP contribution is -2.38. The number of rotatable bonds is 4. The van der Waals surface area contributed by atoms with E-state index in [1.807, 2.05) is 0 Å². The maximum Gasteiger partial charge on any atom is 0.215 e. The molecule has 2 heterocycles. The van der Waals surface area contributed by atoms with Gasteiger partial charge in [-0.15, -0.1) is 0 Å². The number of sulfonamides is 1. The lowest BCUT2D eigenvalue weighted by Gasteiger charge is -2.14. The average molecular weight is 282 g/mol. The highest BCUT2D eigenvalue weighted by Crippen LogP contribution is 2.18. The minimum atomic E-state index is -3.48. The number of nitrogens with one attached hydrogen (secondary N) is 2. The lowest BCUT2D eigenvalue weighted by molar-refractivity contribution is 0.531. The van der Waals surface area contributed by atoms with Crippen molar-refractivity contribution in [3.8, 4) is 0 Å². The smallest absolute Gasteiger partial charge is 0.215 e. The lowest BCUT2D eigenvalue weighted by atomic mass is 10.1. The summed E-state index contributed by atoms with van der Waals surface area (Å²) < 4.78 is 48.8. The number of hydrogen-bond donors (Lipinski definition) is 2. The molecule has 0 aromatic rings. The van der Waals surface area contributed by atoms with Crippen molar-refractivity contribution in [1.82, 2.24) is 10.0 Å². The predicted octanol–water partition coefficient (Wildman–Crippen LogP) is -1.30. The Morgan fingerprint density at radius 3 is 2.59 bits per heavy atom. The topological polar surface area (TPSA) is 92.3 Å². The molecular formula is C9H18N2O4S2. The van der Waals surface area contributed by atoms with Gasteiger partial charge in [0.05, 0.1) is 16.8 Å². The zero-order valence-corrected chi connectivity index (χ0v) is 11.2. The molecule has 2 aliphatic rings. The second-order valence-electron chi connectivity index (χ2n) is 4.78. The predicted molar refractivity (Wildman–Crippen MR) is 65.0 cm³/mol. The van der Waals surface area contributed by atoms with Gasteiger partial charge >= 0.3 is 0 Å². The molecule has 0 spiro atoms. The first kappa shape index (κ1) is 13.3. The molecule has 2 aliphatic heterocycles. The minimum Gasteiger partial charge on any atom is -0.316 e. The first-order chi connectivity index (χ1) is 7.89. The molecule has 17 heavy (non-hydrogen) atoms. The maximum atomic E-state index is 11.9. The second-order valence-corrected chi connectivity index (χ2v) is 9.05. The van der Waals surface area contributed by atoms with Gasteiger partial charge in [0.1, 0.15) is 0 Å². The summed E-state index contributed by atoms with van der Waals surface area (Å²) in [5, 5.41) is 2.40. The van der Waals surface area contributed by atoms with Crippen LogP contribution in [0.3, 0.4) is 0 Å². The molecule has 100 valence electrons. The van der Waals surface area contributed by atoms with Crippen molar-refractivity contribution >= 4 is 19.9 Å². The molecule has 2 fully saturated rings. The summed E-state index contributed by atoms with van der Waals surface area (Å²) in [6.07, 6.45) is 1.19. The van der Waals surface area contributed by atoms with Gasteiger partial charge < -0.3 is 5.32 Å². The van der Waals surface area contributed by atoms with Crippen LogP contribution < -0.4 is 10.0 Å². The minimum absolute atomic E-state index is 0.0104. The molecule has 0 amide bonds. The largest absolute Gasteiger partial charge is 0.316 e. The van der Waals surface area contributed by atoms with E-state index >= 15 is 0 Å². The van der Waals surface area contributed by atoms with Gasteiger partial charge in [-0.1, -0.05) is 0 Å². The van der Waals surface area contributed by atoms with E-state index in [0.717, 1.165) is 19.5 Å². The highest BCUT2D eigenvalue weighted by Gasteiger charge is 2.37. The molecule has 0 aromatic heterocycles. The third-order valence-electron chi connectivity index (χ3n) is 3.37. The van der Waals surface area contributed by atoms with Crippen LogP contribution in [-0.2, 0) is 19.9 Å². The van der Waals surface area contributed by atoms with Gasteiger partial charge in [-0.3, -0.25) is 0 Å². The second kappa shape index (κ2) is 4.83. The van der Waals surface area contributed by atoms with Crippen LogP contribution in [0.4, 0.5) is 0 Å². The van der Waals surface area contributed by atoms with Crippen LogP contribution >= 0.6 is 0 Å². The van der Waals surface area contributed by atoms with E-state index in [4.69, 9.17) is 0 Å². The molecule has 2 saturated heterocycles. The molecule has 0 aliphatic carbocycles. The highest BCUT2D eigenvalue weighted by atomic mass is 32.2. The van der Waals surface area contributed by atoms with Gasteiger partial charge in [0.2, 0.25) is 10.0 Å². The molecule has 2 unspecified atom stereocenters. The molecule has 2 rings (SSSR count). The molecular weight excluding hydrogens is 264 g/mol. The molecule has 0 saturated carbocycles. The van der Waals surface area contributed by atoms with E-state index in [9.17, 15) is 16.8 Å². The van der Waals surface area contributed by atoms with Crippen molar-refractivity contribution in [2.24, 2.45) is 5.92 Å². The van der Waals surface area contributed by atoms with Gasteiger partial charge in [0, 0.05) is 6.54 Å². The summed E-state index contributed by atoms with van der Waals surface area (Å²) in [5.41, 5.74) is 0. The summed E-state index contributed by atoms with van der Waals surface area (Å²) in [6.45, 7) is 2.15. The van der Waals surface area contributed by atoms with E-state index < -0.39 is 25.1 Å². The molecule has 6 nitrogen and oxygen atoms in total. The Balaban J connectivity index is 1.90. The van der Waals surface area contributed by atoms with Crippen molar-refractivity contribution in [1.29, 1.82) is 0 Å². The summed E-state index contributed by atoms with van der Waals surface area (Å²) in [6, 6.07) is 0. The normalized spacial score (nSPS) is 32.9. The van der Waals surface area contributed by atoms with Crippen LogP contribution in [0, 0.1) is 5.92 Å². The first-order valence-electron chi connectivity index (χ1n) is 5.79. The zero-order chi connectivity index (χ0) is 12.5. The van der Waals surface area contributed by atoms with E-state index in [1.165, 1.54) is 0 Å². The van der Waals surface area contributed by atoms with Crippen molar-refractivity contribution in [2.75, 3.05) is 31.1 Å². The Bertz CT molecular complexity index is 465. The van der Waals surface area contributed by atoms with Crippen molar-refractivity contribution in [2.45, 2.75) is 18.1 Å². The van der Waals surface area contributed by atoms with E-state index in [2.05, 4.69) is 10.0 Å². The van der Waals surface area contributed by atoms with Crippen LogP contribution in [0.2, 0.25) is 0 Å². The molecule has 2 atom stereocenters. The van der Waals surface area contributed by atoms with E-state index in [0.29, 0.717) is 12.5 Å². The van der Waals surface area contributed by atoms with E-state index in [1.54, 1.807) is 0 Å². The van der Waals surface area contributed by atoms with Gasteiger partial charge in [0.15, 0.2) is 9.84 Å². The average Bonchev–Trinajstić information content (AvgIpc) is 2.84. The number of hydrogen-bond acceptors (Lipinski definition) is 5. The Labute approximate surface area is 102 Å². The van der Waals surface area contributed by atoms with E-state index in [-0.39, 0.29) is 17.9 Å². The SMILES string of the molecule is O=S1(=O)CCC(S(=O)(=O)NCC2CCNC2)C1. The van der Waals surface area contributed by atoms with Gasteiger partial charge in [-0.05, 0) is 31.8 Å². The van der Waals surface area contributed by atoms with Gasteiger partial charge in [-0.25, -0.2) is 21.6 Å². The van der Waals surface area contributed by atoms with Crippen LogP contribution in [0.15, 0.2) is 0 Å². The quantitative estimate of drug-likeness (QED) is 0.669. The molecule has 0 bridgehead atoms.